The van der Waals surface area contributed by atoms with Gasteiger partial charge in [0.25, 0.3) is 0 Å². The number of aliphatic carboxylic acids is 2. The zero-order valence-electron chi connectivity index (χ0n) is 27.7. The lowest BCUT2D eigenvalue weighted by Gasteiger charge is -2.33. The Morgan fingerprint density at radius 3 is 2.22 bits per heavy atom. The molecule has 6 atom stereocenters. The van der Waals surface area contributed by atoms with Crippen LogP contribution >= 0.6 is 0 Å². The molecule has 50 heavy (non-hydrogen) atoms. The Balaban J connectivity index is 1.42. The molecule has 8 N–H and O–H groups in total. The van der Waals surface area contributed by atoms with Gasteiger partial charge in [0, 0.05) is 38.5 Å². The van der Waals surface area contributed by atoms with Crippen LogP contribution in [-0.4, -0.2) is 121 Å². The highest BCUT2D eigenvalue weighted by molar-refractivity contribution is 5.97. The van der Waals surface area contributed by atoms with E-state index in [-0.39, 0.29) is 38.8 Å². The molecule has 2 fully saturated rings. The Hall–Kier alpha value is -5.32. The van der Waals surface area contributed by atoms with E-state index in [1.54, 1.807) is 36.5 Å². The molecule has 5 amide bonds. The molecule has 3 heterocycles. The van der Waals surface area contributed by atoms with Crippen LogP contribution in [0.25, 0.3) is 0 Å². The van der Waals surface area contributed by atoms with Crippen LogP contribution in [0.5, 0.6) is 0 Å². The molecular formula is C33H44N8O9. The van der Waals surface area contributed by atoms with E-state index in [4.69, 9.17) is 10.8 Å². The van der Waals surface area contributed by atoms with Crippen LogP contribution in [0.2, 0.25) is 0 Å². The predicted octanol–water partition coefficient (Wildman–Crippen LogP) is -1.07. The molecule has 1 aromatic heterocycles. The van der Waals surface area contributed by atoms with Crippen molar-refractivity contribution in [2.45, 2.75) is 94.5 Å². The van der Waals surface area contributed by atoms with Crippen molar-refractivity contribution < 1.29 is 43.8 Å². The van der Waals surface area contributed by atoms with Gasteiger partial charge in [0.15, 0.2) is 0 Å². The quantitative estimate of drug-likeness (QED) is 0.111. The lowest BCUT2D eigenvalue weighted by atomic mass is 10.0. The Morgan fingerprint density at radius 1 is 0.900 bits per heavy atom. The molecule has 0 aliphatic carbocycles. The van der Waals surface area contributed by atoms with E-state index in [0.717, 1.165) is 0 Å². The van der Waals surface area contributed by atoms with Crippen molar-refractivity contribution in [1.82, 2.24) is 35.7 Å². The van der Waals surface area contributed by atoms with E-state index < -0.39 is 77.7 Å². The third kappa shape index (κ3) is 9.87. The van der Waals surface area contributed by atoms with Gasteiger partial charge >= 0.3 is 11.9 Å². The maximum absolute atomic E-state index is 13.9. The number of hydrogen-bond acceptors (Lipinski definition) is 9. The highest BCUT2D eigenvalue weighted by Gasteiger charge is 2.43. The van der Waals surface area contributed by atoms with E-state index >= 15 is 0 Å². The van der Waals surface area contributed by atoms with E-state index in [1.165, 1.54) is 23.1 Å². The van der Waals surface area contributed by atoms with Crippen LogP contribution in [0.15, 0.2) is 42.9 Å². The van der Waals surface area contributed by atoms with Crippen molar-refractivity contribution in [3.63, 3.8) is 0 Å². The van der Waals surface area contributed by atoms with Crippen LogP contribution in [0.4, 0.5) is 0 Å². The molecule has 2 saturated heterocycles. The summed E-state index contributed by atoms with van der Waals surface area (Å²) < 4.78 is 0. The molecule has 1 aromatic carbocycles. The van der Waals surface area contributed by atoms with E-state index in [1.807, 2.05) is 0 Å². The second kappa shape index (κ2) is 17.4. The molecule has 2 aliphatic heterocycles. The average Bonchev–Trinajstić information content (AvgIpc) is 3.89. The summed E-state index contributed by atoms with van der Waals surface area (Å²) in [5, 5.41) is 26.4. The maximum Gasteiger partial charge on any atom is 0.326 e. The van der Waals surface area contributed by atoms with Gasteiger partial charge in [0.05, 0.1) is 18.1 Å². The molecule has 17 heteroatoms. The topological polar surface area (TPSA) is 257 Å². The Morgan fingerprint density at radius 2 is 1.58 bits per heavy atom. The van der Waals surface area contributed by atoms with Crippen molar-refractivity contribution in [2.24, 2.45) is 5.73 Å². The van der Waals surface area contributed by atoms with Gasteiger partial charge < -0.3 is 46.7 Å². The van der Waals surface area contributed by atoms with E-state index in [0.29, 0.717) is 36.9 Å². The van der Waals surface area contributed by atoms with Crippen LogP contribution in [-0.2, 0) is 46.4 Å². The zero-order chi connectivity index (χ0) is 36.4. The summed E-state index contributed by atoms with van der Waals surface area (Å²) in [6.07, 6.45) is 4.19. The van der Waals surface area contributed by atoms with E-state index in [2.05, 4.69) is 25.9 Å². The first kappa shape index (κ1) is 37.5. The highest BCUT2D eigenvalue weighted by atomic mass is 16.4. The van der Waals surface area contributed by atoms with Gasteiger partial charge in [-0.1, -0.05) is 30.3 Å². The first-order chi connectivity index (χ1) is 23.8. The van der Waals surface area contributed by atoms with Gasteiger partial charge in [-0.3, -0.25) is 28.8 Å². The number of benzene rings is 1. The Kier molecular flexibility index (Phi) is 13.0. The molecule has 0 saturated carbocycles. The first-order valence-corrected chi connectivity index (χ1v) is 16.6. The number of carbonyl (C=O) groups is 7. The predicted molar refractivity (Wildman–Crippen MR) is 176 cm³/mol. The normalized spacial score (nSPS) is 19.6. The molecule has 0 radical (unpaired) electrons. The number of hydrogen-bond donors (Lipinski definition) is 7. The van der Waals surface area contributed by atoms with Gasteiger partial charge in [-0.05, 0) is 44.6 Å². The van der Waals surface area contributed by atoms with Gasteiger partial charge in [-0.25, -0.2) is 9.78 Å². The van der Waals surface area contributed by atoms with Crippen molar-refractivity contribution in [1.29, 1.82) is 0 Å². The number of nitrogens with one attached hydrogen (secondary N) is 4. The second-order valence-electron chi connectivity index (χ2n) is 12.6. The minimum absolute atomic E-state index is 0.0202. The first-order valence-electron chi connectivity index (χ1n) is 16.6. The number of nitrogens with zero attached hydrogens (tertiary/aromatic N) is 3. The van der Waals surface area contributed by atoms with Crippen molar-refractivity contribution in [3.05, 3.63) is 54.1 Å². The van der Waals surface area contributed by atoms with Crippen molar-refractivity contribution >= 4 is 41.5 Å². The number of rotatable bonds is 16. The largest absolute Gasteiger partial charge is 0.481 e. The lowest BCUT2D eigenvalue weighted by Crippen LogP contribution is -2.58. The summed E-state index contributed by atoms with van der Waals surface area (Å²) in [7, 11) is 0. The SMILES string of the molecule is C[C@H](NC(=O)[C@@H](N)CCC(=O)O)C(=O)N1CCC[C@H]1C(=O)N1CCC[C@H]1C(=O)N[C@@H](Cc1c[nH]cn1)C(=O)N[C@@H](Cc1ccccc1)C(=O)O. The molecule has 4 rings (SSSR count). The summed E-state index contributed by atoms with van der Waals surface area (Å²) in [4.78, 5) is 99.5. The zero-order valence-corrected chi connectivity index (χ0v) is 27.7. The third-order valence-corrected chi connectivity index (χ3v) is 8.89. The van der Waals surface area contributed by atoms with Crippen LogP contribution < -0.4 is 21.7 Å². The maximum atomic E-state index is 13.9. The summed E-state index contributed by atoms with van der Waals surface area (Å²) >= 11 is 0. The molecular weight excluding hydrogens is 652 g/mol. The second-order valence-corrected chi connectivity index (χ2v) is 12.6. The van der Waals surface area contributed by atoms with Gasteiger partial charge in [-0.15, -0.1) is 0 Å². The molecule has 0 spiro atoms. The number of H-pyrrole nitrogens is 1. The number of carboxylic acid groups (broad SMARTS) is 2. The van der Waals surface area contributed by atoms with E-state index in [9.17, 15) is 38.7 Å². The fraction of sp³-hybridized carbons (Fsp3) is 0.515. The van der Waals surface area contributed by atoms with Crippen LogP contribution in [0.3, 0.4) is 0 Å². The highest BCUT2D eigenvalue weighted by Crippen LogP contribution is 2.26. The fourth-order valence-corrected chi connectivity index (χ4v) is 6.23. The number of imidazole rings is 1. The van der Waals surface area contributed by atoms with Crippen LogP contribution in [0, 0.1) is 0 Å². The number of aromatic amines is 1. The summed E-state index contributed by atoms with van der Waals surface area (Å²) in [5.74, 6) is -5.32. The fourth-order valence-electron chi connectivity index (χ4n) is 6.23. The molecule has 2 aliphatic rings. The third-order valence-electron chi connectivity index (χ3n) is 8.89. The number of aromatic nitrogens is 2. The van der Waals surface area contributed by atoms with Gasteiger partial charge in [0.1, 0.15) is 30.2 Å². The van der Waals surface area contributed by atoms with Crippen molar-refractivity contribution in [2.75, 3.05) is 13.1 Å². The Bertz CT molecular complexity index is 1540. The lowest BCUT2D eigenvalue weighted by molar-refractivity contribution is -0.148. The molecule has 0 unspecified atom stereocenters. The number of carbonyl (C=O) groups excluding carboxylic acids is 5. The standard InChI is InChI=1S/C33H44N8O9/c1-19(37-28(44)22(34)11-12-27(42)43)31(47)41-14-6-10-26(41)32(48)40-13-5-9-25(40)30(46)38-23(16-21-17-35-18-36-21)29(45)39-24(33(49)50)15-20-7-3-2-4-8-20/h2-4,7-8,17-19,22-26H,5-6,9-16,34H2,1H3,(H,35,36)(H,37,44)(H,38,46)(H,39,45)(H,42,43)(H,49,50)/t19-,22-,23-,24-,25-,26-/m0/s1. The van der Waals surface area contributed by atoms with Crippen LogP contribution in [0.1, 0.15) is 56.7 Å². The monoisotopic (exact) mass is 696 g/mol. The number of amides is 5. The smallest absolute Gasteiger partial charge is 0.326 e. The summed E-state index contributed by atoms with van der Waals surface area (Å²) in [5.41, 5.74) is 6.92. The summed E-state index contributed by atoms with van der Waals surface area (Å²) in [6, 6.07) is 2.32. The molecule has 0 bridgehead atoms. The van der Waals surface area contributed by atoms with Gasteiger partial charge in [0.2, 0.25) is 29.5 Å². The Labute approximate surface area is 288 Å². The minimum Gasteiger partial charge on any atom is -0.481 e. The number of likely N-dealkylation sites (tertiary alicyclic amines) is 2. The minimum atomic E-state index is -1.27. The molecule has 17 nitrogen and oxygen atoms in total. The van der Waals surface area contributed by atoms with Crippen molar-refractivity contribution in [3.8, 4) is 0 Å². The molecule has 270 valence electrons. The average molecular weight is 697 g/mol. The number of carboxylic acids is 2. The number of nitrogens with two attached hydrogens (primary N) is 1. The summed E-state index contributed by atoms with van der Waals surface area (Å²) in [6.45, 7) is 1.95. The van der Waals surface area contributed by atoms with Gasteiger partial charge in [-0.2, -0.15) is 0 Å². The molecule has 2 aromatic rings.